The third-order valence-corrected chi connectivity index (χ3v) is 6.30. The molecule has 1 nitrogen and oxygen atoms in total. The molecule has 0 saturated heterocycles. The van der Waals surface area contributed by atoms with E-state index in [2.05, 4.69) is 43.8 Å². The van der Waals surface area contributed by atoms with Crippen LogP contribution in [0.1, 0.15) is 81.8 Å². The normalized spacial score (nSPS) is 19.8. The maximum absolute atomic E-state index is 5.87. The lowest BCUT2D eigenvalue weighted by Gasteiger charge is -2.29. The van der Waals surface area contributed by atoms with Gasteiger partial charge in [0, 0.05) is 4.90 Å². The van der Waals surface area contributed by atoms with E-state index >= 15 is 0 Å². The van der Waals surface area contributed by atoms with Crippen LogP contribution in [0, 0.1) is 5.92 Å². The summed E-state index contributed by atoms with van der Waals surface area (Å²) in [6.07, 6.45) is 12.6. The summed E-state index contributed by atoms with van der Waals surface area (Å²) in [5, 5.41) is 0. The average molecular weight is 383 g/mol. The molecule has 2 heteroatoms. The summed E-state index contributed by atoms with van der Waals surface area (Å²) in [7, 11) is 0. The molecule has 0 bridgehead atoms. The van der Waals surface area contributed by atoms with Gasteiger partial charge < -0.3 is 4.74 Å². The number of benzene rings is 2. The summed E-state index contributed by atoms with van der Waals surface area (Å²) in [6, 6.07) is 17.0. The first-order valence-electron chi connectivity index (χ1n) is 10.7. The molecule has 0 aromatic heterocycles. The van der Waals surface area contributed by atoms with Gasteiger partial charge in [-0.15, -0.1) is 12.6 Å². The van der Waals surface area contributed by atoms with Crippen molar-refractivity contribution >= 4 is 12.6 Å². The Morgan fingerprint density at radius 1 is 0.852 bits per heavy atom. The Labute approximate surface area is 170 Å². The zero-order valence-electron chi connectivity index (χ0n) is 16.7. The highest BCUT2D eigenvalue weighted by Crippen LogP contribution is 2.37. The van der Waals surface area contributed by atoms with Crippen molar-refractivity contribution in [3.05, 3.63) is 59.7 Å². The molecule has 0 atom stereocenters. The standard InChI is InChI=1S/C25H34OS/c1-2-3-4-5-6-20-7-11-22(12-8-20)23-13-9-21(10-14-23)19-26-24-15-17-25(27)18-16-24/h9-10,13-18,20,22,27H,2-8,11-12,19H2,1H3. The first kappa shape index (κ1) is 20.3. The minimum Gasteiger partial charge on any atom is -0.489 e. The van der Waals surface area contributed by atoms with Crippen LogP contribution in [0.2, 0.25) is 0 Å². The van der Waals surface area contributed by atoms with E-state index in [1.165, 1.54) is 68.9 Å². The van der Waals surface area contributed by atoms with Gasteiger partial charge in [-0.3, -0.25) is 0 Å². The molecular formula is C25H34OS. The number of ether oxygens (including phenoxy) is 1. The van der Waals surface area contributed by atoms with Crippen molar-refractivity contribution < 1.29 is 4.74 Å². The van der Waals surface area contributed by atoms with E-state index < -0.39 is 0 Å². The van der Waals surface area contributed by atoms with Gasteiger partial charge in [-0.05, 0) is 72.9 Å². The van der Waals surface area contributed by atoms with E-state index in [-0.39, 0.29) is 0 Å². The maximum Gasteiger partial charge on any atom is 0.119 e. The van der Waals surface area contributed by atoms with Crippen molar-refractivity contribution in [1.29, 1.82) is 0 Å². The summed E-state index contributed by atoms with van der Waals surface area (Å²) >= 11 is 4.31. The highest BCUT2D eigenvalue weighted by molar-refractivity contribution is 7.80. The van der Waals surface area contributed by atoms with Gasteiger partial charge in [0.25, 0.3) is 0 Å². The molecule has 1 aliphatic rings. The first-order valence-corrected chi connectivity index (χ1v) is 11.2. The lowest BCUT2D eigenvalue weighted by atomic mass is 9.77. The van der Waals surface area contributed by atoms with Gasteiger partial charge in [-0.2, -0.15) is 0 Å². The van der Waals surface area contributed by atoms with Gasteiger partial charge in [0.15, 0.2) is 0 Å². The fourth-order valence-corrected chi connectivity index (χ4v) is 4.39. The van der Waals surface area contributed by atoms with Gasteiger partial charge in [0.05, 0.1) is 0 Å². The highest BCUT2D eigenvalue weighted by Gasteiger charge is 2.21. The molecule has 0 aliphatic heterocycles. The Hall–Kier alpha value is -1.41. The molecule has 0 heterocycles. The Bertz CT molecular complexity index is 654. The molecule has 0 radical (unpaired) electrons. The van der Waals surface area contributed by atoms with E-state index in [1.54, 1.807) is 0 Å². The minimum atomic E-state index is 0.622. The van der Waals surface area contributed by atoms with Crippen LogP contribution in [0.4, 0.5) is 0 Å². The van der Waals surface area contributed by atoms with E-state index in [4.69, 9.17) is 4.74 Å². The fraction of sp³-hybridized carbons (Fsp3) is 0.520. The summed E-state index contributed by atoms with van der Waals surface area (Å²) in [5.41, 5.74) is 2.75. The summed E-state index contributed by atoms with van der Waals surface area (Å²) < 4.78 is 5.87. The molecule has 2 aromatic carbocycles. The third-order valence-electron chi connectivity index (χ3n) is 6.01. The molecule has 1 fully saturated rings. The summed E-state index contributed by atoms with van der Waals surface area (Å²) in [6.45, 7) is 2.92. The van der Waals surface area contributed by atoms with Crippen LogP contribution in [0.5, 0.6) is 5.75 Å². The van der Waals surface area contributed by atoms with Crippen LogP contribution in [-0.4, -0.2) is 0 Å². The Kier molecular flexibility index (Phi) is 8.13. The predicted octanol–water partition coefficient (Wildman–Crippen LogP) is 7.80. The predicted molar refractivity (Wildman–Crippen MR) is 118 cm³/mol. The quantitative estimate of drug-likeness (QED) is 0.344. The zero-order chi connectivity index (χ0) is 18.9. The molecule has 1 saturated carbocycles. The Balaban J connectivity index is 1.42. The van der Waals surface area contributed by atoms with Crippen LogP contribution < -0.4 is 4.74 Å². The second-order valence-corrected chi connectivity index (χ2v) is 8.61. The van der Waals surface area contributed by atoms with E-state index in [9.17, 15) is 0 Å². The van der Waals surface area contributed by atoms with Crippen LogP contribution >= 0.6 is 12.6 Å². The number of thiol groups is 1. The van der Waals surface area contributed by atoms with Gasteiger partial charge in [-0.25, -0.2) is 0 Å². The fourth-order valence-electron chi connectivity index (χ4n) is 4.24. The van der Waals surface area contributed by atoms with Crippen LogP contribution in [0.3, 0.4) is 0 Å². The van der Waals surface area contributed by atoms with Gasteiger partial charge in [0.1, 0.15) is 12.4 Å². The smallest absolute Gasteiger partial charge is 0.119 e. The molecule has 1 aliphatic carbocycles. The molecule has 2 aromatic rings. The lowest BCUT2D eigenvalue weighted by Crippen LogP contribution is -2.13. The van der Waals surface area contributed by atoms with Crippen molar-refractivity contribution in [3.8, 4) is 5.75 Å². The van der Waals surface area contributed by atoms with E-state index in [1.807, 2.05) is 24.3 Å². The Morgan fingerprint density at radius 3 is 2.22 bits per heavy atom. The molecule has 0 N–H and O–H groups in total. The lowest BCUT2D eigenvalue weighted by molar-refractivity contribution is 0.301. The van der Waals surface area contributed by atoms with Crippen molar-refractivity contribution in [2.75, 3.05) is 0 Å². The second kappa shape index (κ2) is 10.8. The van der Waals surface area contributed by atoms with Crippen molar-refractivity contribution in [3.63, 3.8) is 0 Å². The van der Waals surface area contributed by atoms with Gasteiger partial charge in [-0.1, -0.05) is 63.3 Å². The number of unbranched alkanes of at least 4 members (excludes halogenated alkanes) is 3. The summed E-state index contributed by atoms with van der Waals surface area (Å²) in [4.78, 5) is 0.961. The topological polar surface area (TPSA) is 9.23 Å². The van der Waals surface area contributed by atoms with Crippen LogP contribution in [0.15, 0.2) is 53.4 Å². The molecule has 0 amide bonds. The first-order chi connectivity index (χ1) is 13.2. The SMILES string of the molecule is CCCCCCC1CCC(c2ccc(COc3ccc(S)cc3)cc2)CC1. The number of hydrogen-bond acceptors (Lipinski definition) is 2. The average Bonchev–Trinajstić information content (AvgIpc) is 2.72. The Morgan fingerprint density at radius 2 is 1.56 bits per heavy atom. The molecule has 146 valence electrons. The monoisotopic (exact) mass is 382 g/mol. The molecular weight excluding hydrogens is 348 g/mol. The van der Waals surface area contributed by atoms with E-state index in [0.717, 1.165) is 22.5 Å². The molecule has 0 unspecified atom stereocenters. The maximum atomic E-state index is 5.87. The molecule has 3 rings (SSSR count). The van der Waals surface area contributed by atoms with Gasteiger partial charge in [0.2, 0.25) is 0 Å². The van der Waals surface area contributed by atoms with E-state index in [0.29, 0.717) is 6.61 Å². The van der Waals surface area contributed by atoms with Crippen molar-refractivity contribution in [1.82, 2.24) is 0 Å². The summed E-state index contributed by atoms with van der Waals surface area (Å²) in [5.74, 6) is 2.64. The van der Waals surface area contributed by atoms with Gasteiger partial charge >= 0.3 is 0 Å². The van der Waals surface area contributed by atoms with Crippen molar-refractivity contribution in [2.24, 2.45) is 5.92 Å². The minimum absolute atomic E-state index is 0.622. The number of hydrogen-bond donors (Lipinski definition) is 1. The van der Waals surface area contributed by atoms with Crippen LogP contribution in [-0.2, 0) is 6.61 Å². The molecule has 27 heavy (non-hydrogen) atoms. The third kappa shape index (κ3) is 6.60. The highest BCUT2D eigenvalue weighted by atomic mass is 32.1. The molecule has 0 spiro atoms. The van der Waals surface area contributed by atoms with Crippen LogP contribution in [0.25, 0.3) is 0 Å². The van der Waals surface area contributed by atoms with Crippen molar-refractivity contribution in [2.45, 2.75) is 82.1 Å². The second-order valence-electron chi connectivity index (χ2n) is 8.09. The zero-order valence-corrected chi connectivity index (χ0v) is 17.6. The number of rotatable bonds is 9. The largest absolute Gasteiger partial charge is 0.489 e.